The Bertz CT molecular complexity index is 255. The molecule has 1 heterocycles. The van der Waals surface area contributed by atoms with Gasteiger partial charge >= 0.3 is 0 Å². The van der Waals surface area contributed by atoms with Crippen molar-refractivity contribution in [3.63, 3.8) is 0 Å². The van der Waals surface area contributed by atoms with Gasteiger partial charge in [0.25, 0.3) is 0 Å². The highest BCUT2D eigenvalue weighted by Crippen LogP contribution is 2.20. The number of hydrogen-bond donors (Lipinski definition) is 1. The zero-order chi connectivity index (χ0) is 9.14. The van der Waals surface area contributed by atoms with E-state index < -0.39 is 0 Å². The lowest BCUT2D eigenvalue weighted by atomic mass is 10.1. The summed E-state index contributed by atoms with van der Waals surface area (Å²) in [6.45, 7) is 3.99. The lowest BCUT2D eigenvalue weighted by Crippen LogP contribution is -1.96. The molecule has 1 N–H and O–H groups in total. The molecular formula is C9H16N2O. The summed E-state index contributed by atoms with van der Waals surface area (Å²) in [5, 5.41) is 13.8. The summed E-state index contributed by atoms with van der Waals surface area (Å²) in [6.07, 6.45) is 3.35. The summed E-state index contributed by atoms with van der Waals surface area (Å²) in [5.74, 6) is 0. The Hall–Kier alpha value is -0.830. The Labute approximate surface area is 73.0 Å². The van der Waals surface area contributed by atoms with E-state index in [2.05, 4.69) is 12.0 Å². The summed E-state index contributed by atoms with van der Waals surface area (Å²) >= 11 is 0. The molecule has 1 atom stereocenters. The van der Waals surface area contributed by atoms with Crippen LogP contribution in [0.1, 0.15) is 37.1 Å². The van der Waals surface area contributed by atoms with Crippen molar-refractivity contribution in [1.29, 1.82) is 0 Å². The first-order chi connectivity index (χ1) is 5.65. The average Bonchev–Trinajstić information content (AvgIpc) is 2.30. The van der Waals surface area contributed by atoms with E-state index in [1.165, 1.54) is 0 Å². The van der Waals surface area contributed by atoms with Gasteiger partial charge < -0.3 is 5.11 Å². The number of aliphatic hydroxyl groups is 1. The summed E-state index contributed by atoms with van der Waals surface area (Å²) in [4.78, 5) is 0. The van der Waals surface area contributed by atoms with Crippen molar-refractivity contribution in [2.45, 2.75) is 32.8 Å². The minimum absolute atomic E-state index is 0.344. The molecule has 0 saturated carbocycles. The molecule has 0 aliphatic heterocycles. The Morgan fingerprint density at radius 3 is 2.75 bits per heavy atom. The molecule has 3 heteroatoms. The zero-order valence-corrected chi connectivity index (χ0v) is 7.91. The summed E-state index contributed by atoms with van der Waals surface area (Å²) < 4.78 is 1.74. The SMILES string of the molecule is CCCC(O)c1cn(C)nc1C. The molecule has 0 saturated heterocycles. The van der Waals surface area contributed by atoms with Crippen molar-refractivity contribution in [1.82, 2.24) is 9.78 Å². The molecule has 3 nitrogen and oxygen atoms in total. The number of aryl methyl sites for hydroxylation is 2. The van der Waals surface area contributed by atoms with Crippen LogP contribution in [0.2, 0.25) is 0 Å². The number of aromatic nitrogens is 2. The van der Waals surface area contributed by atoms with Gasteiger partial charge in [-0.1, -0.05) is 13.3 Å². The van der Waals surface area contributed by atoms with Gasteiger partial charge in [-0.3, -0.25) is 4.68 Å². The van der Waals surface area contributed by atoms with Crippen molar-refractivity contribution in [2.24, 2.45) is 7.05 Å². The lowest BCUT2D eigenvalue weighted by molar-refractivity contribution is 0.165. The largest absolute Gasteiger partial charge is 0.388 e. The summed E-state index contributed by atoms with van der Waals surface area (Å²) in [7, 11) is 1.87. The predicted molar refractivity (Wildman–Crippen MR) is 47.8 cm³/mol. The van der Waals surface area contributed by atoms with Gasteiger partial charge in [0.1, 0.15) is 0 Å². The van der Waals surface area contributed by atoms with Crippen molar-refractivity contribution in [3.8, 4) is 0 Å². The fourth-order valence-electron chi connectivity index (χ4n) is 1.37. The zero-order valence-electron chi connectivity index (χ0n) is 7.91. The second kappa shape index (κ2) is 3.72. The van der Waals surface area contributed by atoms with E-state index in [4.69, 9.17) is 0 Å². The van der Waals surface area contributed by atoms with Gasteiger partial charge in [0.2, 0.25) is 0 Å². The molecule has 0 spiro atoms. The molecule has 1 aromatic heterocycles. The monoisotopic (exact) mass is 168 g/mol. The van der Waals surface area contributed by atoms with Gasteiger partial charge in [0.05, 0.1) is 11.8 Å². The summed E-state index contributed by atoms with van der Waals surface area (Å²) in [6, 6.07) is 0. The highest BCUT2D eigenvalue weighted by atomic mass is 16.3. The third kappa shape index (κ3) is 1.85. The van der Waals surface area contributed by atoms with Crippen molar-refractivity contribution < 1.29 is 5.11 Å². The van der Waals surface area contributed by atoms with Gasteiger partial charge in [0, 0.05) is 18.8 Å². The van der Waals surface area contributed by atoms with Gasteiger partial charge in [-0.05, 0) is 13.3 Å². The second-order valence-electron chi connectivity index (χ2n) is 3.15. The maximum atomic E-state index is 9.66. The molecule has 68 valence electrons. The van der Waals surface area contributed by atoms with Gasteiger partial charge in [-0.15, -0.1) is 0 Å². The first kappa shape index (κ1) is 9.26. The highest BCUT2D eigenvalue weighted by Gasteiger charge is 2.11. The van der Waals surface area contributed by atoms with E-state index in [9.17, 15) is 5.11 Å². The molecule has 12 heavy (non-hydrogen) atoms. The molecule has 0 aliphatic carbocycles. The van der Waals surface area contributed by atoms with E-state index in [0.29, 0.717) is 0 Å². The van der Waals surface area contributed by atoms with Crippen LogP contribution in [-0.2, 0) is 7.05 Å². The van der Waals surface area contributed by atoms with E-state index in [1.54, 1.807) is 4.68 Å². The van der Waals surface area contributed by atoms with Crippen LogP contribution in [0.15, 0.2) is 6.20 Å². The molecule has 1 aromatic rings. The third-order valence-corrected chi connectivity index (χ3v) is 1.97. The predicted octanol–water partition coefficient (Wildman–Crippen LogP) is 1.56. The molecule has 0 fully saturated rings. The first-order valence-corrected chi connectivity index (χ1v) is 4.33. The van der Waals surface area contributed by atoms with E-state index in [-0.39, 0.29) is 6.10 Å². The van der Waals surface area contributed by atoms with Gasteiger partial charge in [0.15, 0.2) is 0 Å². The third-order valence-electron chi connectivity index (χ3n) is 1.97. The number of nitrogens with zero attached hydrogens (tertiary/aromatic N) is 2. The highest BCUT2D eigenvalue weighted by molar-refractivity contribution is 5.17. The van der Waals surface area contributed by atoms with Crippen LogP contribution in [0.5, 0.6) is 0 Å². The average molecular weight is 168 g/mol. The van der Waals surface area contributed by atoms with Gasteiger partial charge in [-0.2, -0.15) is 5.10 Å². The minimum Gasteiger partial charge on any atom is -0.388 e. The van der Waals surface area contributed by atoms with E-state index in [1.807, 2.05) is 20.2 Å². The Morgan fingerprint density at radius 2 is 2.33 bits per heavy atom. The molecule has 0 amide bonds. The van der Waals surface area contributed by atoms with Crippen LogP contribution in [0.3, 0.4) is 0 Å². The van der Waals surface area contributed by atoms with Crippen molar-refractivity contribution in [2.75, 3.05) is 0 Å². The Balaban J connectivity index is 2.79. The van der Waals surface area contributed by atoms with Crippen LogP contribution >= 0.6 is 0 Å². The normalized spacial score (nSPS) is 13.3. The topological polar surface area (TPSA) is 38.0 Å². The first-order valence-electron chi connectivity index (χ1n) is 4.33. The fourth-order valence-corrected chi connectivity index (χ4v) is 1.37. The van der Waals surface area contributed by atoms with Crippen molar-refractivity contribution in [3.05, 3.63) is 17.5 Å². The van der Waals surface area contributed by atoms with Crippen LogP contribution in [0.25, 0.3) is 0 Å². The smallest absolute Gasteiger partial charge is 0.0823 e. The van der Waals surface area contributed by atoms with Crippen LogP contribution in [-0.4, -0.2) is 14.9 Å². The number of rotatable bonds is 3. The summed E-state index contributed by atoms with van der Waals surface area (Å²) in [5.41, 5.74) is 1.89. The molecule has 0 bridgehead atoms. The molecule has 1 unspecified atom stereocenters. The molecule has 0 radical (unpaired) electrons. The fraction of sp³-hybridized carbons (Fsp3) is 0.667. The van der Waals surface area contributed by atoms with Crippen molar-refractivity contribution >= 4 is 0 Å². The lowest BCUT2D eigenvalue weighted by Gasteiger charge is -2.06. The van der Waals surface area contributed by atoms with E-state index in [0.717, 1.165) is 24.1 Å². The molecular weight excluding hydrogens is 152 g/mol. The second-order valence-corrected chi connectivity index (χ2v) is 3.15. The quantitative estimate of drug-likeness (QED) is 0.743. The molecule has 1 rings (SSSR count). The van der Waals surface area contributed by atoms with Crippen LogP contribution in [0, 0.1) is 6.92 Å². The molecule has 0 aromatic carbocycles. The Morgan fingerprint density at radius 1 is 1.67 bits per heavy atom. The Kier molecular flexibility index (Phi) is 2.87. The number of hydrogen-bond acceptors (Lipinski definition) is 2. The maximum Gasteiger partial charge on any atom is 0.0823 e. The van der Waals surface area contributed by atoms with Gasteiger partial charge in [-0.25, -0.2) is 0 Å². The van der Waals surface area contributed by atoms with E-state index >= 15 is 0 Å². The number of aliphatic hydroxyl groups excluding tert-OH is 1. The standard InChI is InChI=1S/C9H16N2O/c1-4-5-9(12)8-6-11(3)10-7(8)2/h6,9,12H,4-5H2,1-3H3. The van der Waals surface area contributed by atoms with Crippen LogP contribution in [0.4, 0.5) is 0 Å². The maximum absolute atomic E-state index is 9.66. The minimum atomic E-state index is -0.344. The molecule has 0 aliphatic rings. The van der Waals surface area contributed by atoms with Crippen LogP contribution < -0.4 is 0 Å².